The lowest BCUT2D eigenvalue weighted by molar-refractivity contribution is 0.565. The molecule has 0 fully saturated rings. The minimum Gasteiger partial charge on any atom is -0.143 e. The van der Waals surface area contributed by atoms with Crippen molar-refractivity contribution >= 4 is 12.6 Å². The molecule has 2 aromatic carbocycles. The summed E-state index contributed by atoms with van der Waals surface area (Å²) < 4.78 is 0. The molecule has 0 amide bonds. The number of rotatable bonds is 11. The smallest absolute Gasteiger partial charge is 0.00404 e. The summed E-state index contributed by atoms with van der Waals surface area (Å²) in [6.45, 7) is 2.28. The van der Waals surface area contributed by atoms with Crippen molar-refractivity contribution in [3.8, 4) is 11.1 Å². The standard InChI is InChI=1S/C23H32S/c1-2-3-4-5-6-7-8-9-10-11-20-12-14-21(15-13-20)22-16-18-23(24)19-17-22/h12-19,24H,2-11H2,1H3. The Bertz CT molecular complexity index is 554. The van der Waals surface area contributed by atoms with Crippen LogP contribution in [0.2, 0.25) is 0 Å². The van der Waals surface area contributed by atoms with Crippen LogP contribution in [0.4, 0.5) is 0 Å². The monoisotopic (exact) mass is 340 g/mol. The highest BCUT2D eigenvalue weighted by atomic mass is 32.1. The summed E-state index contributed by atoms with van der Waals surface area (Å²) in [6.07, 6.45) is 13.8. The molecule has 1 heteroatoms. The summed E-state index contributed by atoms with van der Waals surface area (Å²) in [6, 6.07) is 17.4. The molecule has 0 nitrogen and oxygen atoms in total. The zero-order valence-electron chi connectivity index (χ0n) is 15.1. The van der Waals surface area contributed by atoms with Gasteiger partial charge < -0.3 is 0 Å². The van der Waals surface area contributed by atoms with E-state index < -0.39 is 0 Å². The summed E-state index contributed by atoms with van der Waals surface area (Å²) >= 11 is 4.34. The summed E-state index contributed by atoms with van der Waals surface area (Å²) in [7, 11) is 0. The van der Waals surface area contributed by atoms with E-state index >= 15 is 0 Å². The van der Waals surface area contributed by atoms with Crippen LogP contribution < -0.4 is 0 Å². The van der Waals surface area contributed by atoms with Gasteiger partial charge in [-0.3, -0.25) is 0 Å². The Kier molecular flexibility index (Phi) is 9.05. The second kappa shape index (κ2) is 11.4. The molecule has 0 unspecified atom stereocenters. The highest BCUT2D eigenvalue weighted by molar-refractivity contribution is 7.80. The second-order valence-corrected chi connectivity index (χ2v) is 7.34. The van der Waals surface area contributed by atoms with Crippen LogP contribution in [0.15, 0.2) is 53.4 Å². The normalized spacial score (nSPS) is 10.9. The highest BCUT2D eigenvalue weighted by Gasteiger charge is 1.99. The van der Waals surface area contributed by atoms with E-state index in [1.54, 1.807) is 0 Å². The van der Waals surface area contributed by atoms with Crippen molar-refractivity contribution in [3.63, 3.8) is 0 Å². The first kappa shape index (κ1) is 19.1. The number of benzene rings is 2. The molecule has 0 aliphatic rings. The van der Waals surface area contributed by atoms with Crippen molar-refractivity contribution in [1.29, 1.82) is 0 Å². The Hall–Kier alpha value is -1.21. The van der Waals surface area contributed by atoms with E-state index in [0.717, 1.165) is 4.90 Å². The van der Waals surface area contributed by atoms with Crippen molar-refractivity contribution in [3.05, 3.63) is 54.1 Å². The maximum Gasteiger partial charge on any atom is 0.00404 e. The number of hydrogen-bond acceptors (Lipinski definition) is 1. The zero-order valence-corrected chi connectivity index (χ0v) is 16.0. The fraction of sp³-hybridized carbons (Fsp3) is 0.478. The zero-order chi connectivity index (χ0) is 17.0. The highest BCUT2D eigenvalue weighted by Crippen LogP contribution is 2.22. The molecule has 0 spiro atoms. The fourth-order valence-electron chi connectivity index (χ4n) is 3.16. The molecular weight excluding hydrogens is 308 g/mol. The Morgan fingerprint density at radius 1 is 0.583 bits per heavy atom. The average molecular weight is 341 g/mol. The second-order valence-electron chi connectivity index (χ2n) is 6.82. The van der Waals surface area contributed by atoms with Crippen LogP contribution in [-0.2, 0) is 6.42 Å². The van der Waals surface area contributed by atoms with Crippen LogP contribution in [0, 0.1) is 0 Å². The molecular formula is C23H32S. The lowest BCUT2D eigenvalue weighted by atomic mass is 10.0. The predicted octanol–water partition coefficient (Wildman–Crippen LogP) is 7.72. The van der Waals surface area contributed by atoms with Gasteiger partial charge in [0.15, 0.2) is 0 Å². The maximum atomic E-state index is 4.34. The van der Waals surface area contributed by atoms with Gasteiger partial charge in [0, 0.05) is 4.90 Å². The van der Waals surface area contributed by atoms with Gasteiger partial charge in [0.25, 0.3) is 0 Å². The molecule has 0 aromatic heterocycles. The third-order valence-corrected chi connectivity index (χ3v) is 5.02. The minimum absolute atomic E-state index is 1.01. The molecule has 24 heavy (non-hydrogen) atoms. The first-order chi connectivity index (χ1) is 11.8. The molecule has 0 radical (unpaired) electrons. The van der Waals surface area contributed by atoms with Crippen molar-refractivity contribution in [2.45, 2.75) is 76.0 Å². The quantitative estimate of drug-likeness (QED) is 0.314. The van der Waals surface area contributed by atoms with Gasteiger partial charge in [-0.1, -0.05) is 94.7 Å². The average Bonchev–Trinajstić information content (AvgIpc) is 2.62. The lowest BCUT2D eigenvalue weighted by Gasteiger charge is -2.06. The number of thiol groups is 1. The van der Waals surface area contributed by atoms with Gasteiger partial charge >= 0.3 is 0 Å². The van der Waals surface area contributed by atoms with Crippen molar-refractivity contribution in [2.75, 3.05) is 0 Å². The van der Waals surface area contributed by atoms with Gasteiger partial charge in [0.05, 0.1) is 0 Å². The summed E-state index contributed by atoms with van der Waals surface area (Å²) in [4.78, 5) is 1.01. The van der Waals surface area contributed by atoms with Gasteiger partial charge in [0.1, 0.15) is 0 Å². The van der Waals surface area contributed by atoms with E-state index in [9.17, 15) is 0 Å². The molecule has 0 N–H and O–H groups in total. The van der Waals surface area contributed by atoms with Crippen LogP contribution >= 0.6 is 12.6 Å². The van der Waals surface area contributed by atoms with Gasteiger partial charge in [-0.05, 0) is 41.7 Å². The first-order valence-corrected chi connectivity index (χ1v) is 10.1. The Labute approximate surface area is 154 Å². The fourth-order valence-corrected chi connectivity index (χ4v) is 3.31. The Morgan fingerprint density at radius 3 is 1.58 bits per heavy atom. The van der Waals surface area contributed by atoms with Gasteiger partial charge in [-0.15, -0.1) is 12.6 Å². The van der Waals surface area contributed by atoms with Crippen molar-refractivity contribution < 1.29 is 0 Å². The molecule has 130 valence electrons. The van der Waals surface area contributed by atoms with E-state index in [1.807, 2.05) is 0 Å². The van der Waals surface area contributed by atoms with Gasteiger partial charge in [-0.25, -0.2) is 0 Å². The molecule has 0 saturated carbocycles. The van der Waals surface area contributed by atoms with Gasteiger partial charge in [0.2, 0.25) is 0 Å². The van der Waals surface area contributed by atoms with Crippen LogP contribution in [-0.4, -0.2) is 0 Å². The molecule has 0 atom stereocenters. The molecule has 0 aliphatic carbocycles. The number of hydrogen-bond donors (Lipinski definition) is 1. The largest absolute Gasteiger partial charge is 0.143 e. The maximum absolute atomic E-state index is 4.34. The summed E-state index contributed by atoms with van der Waals surface area (Å²) in [5.41, 5.74) is 4.02. The first-order valence-electron chi connectivity index (χ1n) is 9.68. The summed E-state index contributed by atoms with van der Waals surface area (Å²) in [5.74, 6) is 0. The number of unbranched alkanes of at least 4 members (excludes halogenated alkanes) is 8. The van der Waals surface area contributed by atoms with E-state index in [2.05, 4.69) is 68.1 Å². The minimum atomic E-state index is 1.01. The van der Waals surface area contributed by atoms with Crippen molar-refractivity contribution in [2.24, 2.45) is 0 Å². The summed E-state index contributed by atoms with van der Waals surface area (Å²) in [5, 5.41) is 0. The number of aryl methyl sites for hydroxylation is 1. The van der Waals surface area contributed by atoms with Crippen molar-refractivity contribution in [1.82, 2.24) is 0 Å². The SMILES string of the molecule is CCCCCCCCCCCc1ccc(-c2ccc(S)cc2)cc1. The Morgan fingerprint density at radius 2 is 1.04 bits per heavy atom. The molecule has 0 heterocycles. The van der Waals surface area contributed by atoms with Crippen LogP contribution in [0.3, 0.4) is 0 Å². The topological polar surface area (TPSA) is 0 Å². The van der Waals surface area contributed by atoms with Gasteiger partial charge in [-0.2, -0.15) is 0 Å². The van der Waals surface area contributed by atoms with E-state index in [-0.39, 0.29) is 0 Å². The van der Waals surface area contributed by atoms with E-state index in [0.29, 0.717) is 0 Å². The molecule has 2 rings (SSSR count). The molecule has 2 aromatic rings. The predicted molar refractivity (Wildman–Crippen MR) is 110 cm³/mol. The van der Waals surface area contributed by atoms with E-state index in [4.69, 9.17) is 0 Å². The Balaban J connectivity index is 1.63. The molecule has 0 saturated heterocycles. The third-order valence-electron chi connectivity index (χ3n) is 4.72. The van der Waals surface area contributed by atoms with E-state index in [1.165, 1.54) is 80.9 Å². The van der Waals surface area contributed by atoms with Crippen LogP contribution in [0.5, 0.6) is 0 Å². The van der Waals surface area contributed by atoms with Crippen LogP contribution in [0.25, 0.3) is 11.1 Å². The molecule has 0 aliphatic heterocycles. The molecule has 0 bridgehead atoms. The lowest BCUT2D eigenvalue weighted by Crippen LogP contribution is -1.87. The third kappa shape index (κ3) is 7.13. The van der Waals surface area contributed by atoms with Crippen LogP contribution in [0.1, 0.15) is 70.3 Å².